The molecule has 0 saturated heterocycles. The first-order chi connectivity index (χ1) is 21.1. The zero-order valence-electron chi connectivity index (χ0n) is 22.9. The number of halogens is 1. The van der Waals surface area contributed by atoms with E-state index in [4.69, 9.17) is 26.1 Å². The first-order valence-electron chi connectivity index (χ1n) is 13.0. The Labute approximate surface area is 256 Å². The van der Waals surface area contributed by atoms with Gasteiger partial charge >= 0.3 is 13.7 Å². The lowest BCUT2D eigenvalue weighted by molar-refractivity contribution is -0.123. The Morgan fingerprint density at radius 2 is 1.70 bits per heavy atom. The van der Waals surface area contributed by atoms with Crippen molar-refractivity contribution in [3.8, 4) is 5.69 Å². The lowest BCUT2D eigenvalue weighted by Crippen LogP contribution is -2.44. The van der Waals surface area contributed by atoms with E-state index in [1.165, 1.54) is 41.4 Å². The number of rotatable bonds is 12. The molecule has 16 heteroatoms. The monoisotopic (exact) mass is 639 g/mol. The molecule has 0 bridgehead atoms. The molecular weight excluding hydrogens is 613 g/mol. The molecule has 1 atom stereocenters. The zero-order chi connectivity index (χ0) is 31.5. The molecule has 0 spiro atoms. The summed E-state index contributed by atoms with van der Waals surface area (Å²) >= 11 is 6.16. The molecule has 228 valence electrons. The van der Waals surface area contributed by atoms with E-state index < -0.39 is 44.3 Å². The van der Waals surface area contributed by atoms with Crippen molar-refractivity contribution in [2.75, 3.05) is 23.4 Å². The van der Waals surface area contributed by atoms with Gasteiger partial charge in [-0.1, -0.05) is 41.9 Å². The molecule has 0 aliphatic heterocycles. The maximum Gasteiger partial charge on any atom is 0.411 e. The van der Waals surface area contributed by atoms with E-state index in [2.05, 4.69) is 31.5 Å². The van der Waals surface area contributed by atoms with Crippen molar-refractivity contribution < 1.29 is 33.5 Å². The standard InChI is InChI=1S/C28H27ClN7O7P/c29-21-7-12-25(36-18-30-34-35-36)20(17-21)6-13-26(37)33-24(16-19-4-2-1-3-5-19)27(38)31-22-8-10-23(11-9-22)32-28(39)43-14-15-44(40,41)42/h1-13,17-18,24H,14-16H2,(H,31,38)(H,32,39)(H,33,37)(H2,40,41,42). The lowest BCUT2D eigenvalue weighted by Gasteiger charge is -2.18. The first-order valence-corrected chi connectivity index (χ1v) is 15.2. The normalized spacial score (nSPS) is 12.0. The second-order valence-electron chi connectivity index (χ2n) is 9.26. The molecule has 0 radical (unpaired) electrons. The summed E-state index contributed by atoms with van der Waals surface area (Å²) in [5.41, 5.74) is 2.70. The van der Waals surface area contributed by atoms with Crippen LogP contribution in [0, 0.1) is 0 Å². The molecule has 1 aromatic heterocycles. The van der Waals surface area contributed by atoms with Crippen LogP contribution in [0.5, 0.6) is 0 Å². The Balaban J connectivity index is 1.41. The fourth-order valence-corrected chi connectivity index (χ4v) is 4.37. The number of nitrogens with one attached hydrogen (secondary N) is 3. The summed E-state index contributed by atoms with van der Waals surface area (Å²) in [6.07, 6.45) is 2.95. The van der Waals surface area contributed by atoms with E-state index in [0.717, 1.165) is 5.56 Å². The number of hydrogen-bond donors (Lipinski definition) is 5. The lowest BCUT2D eigenvalue weighted by atomic mass is 10.0. The summed E-state index contributed by atoms with van der Waals surface area (Å²) in [4.78, 5) is 55.8. The number of tetrazole rings is 1. The number of ether oxygens (including phenoxy) is 1. The number of amides is 3. The quantitative estimate of drug-likeness (QED) is 0.113. The highest BCUT2D eigenvalue weighted by Crippen LogP contribution is 2.33. The molecule has 1 heterocycles. The Morgan fingerprint density at radius 1 is 1.00 bits per heavy atom. The smallest absolute Gasteiger partial charge is 0.411 e. The maximum atomic E-state index is 13.3. The summed E-state index contributed by atoms with van der Waals surface area (Å²) in [7, 11) is -4.28. The van der Waals surface area contributed by atoms with Crippen LogP contribution in [-0.2, 0) is 25.3 Å². The predicted molar refractivity (Wildman–Crippen MR) is 162 cm³/mol. The number of carbonyl (C=O) groups excluding carboxylic acids is 3. The van der Waals surface area contributed by atoms with Crippen LogP contribution in [0.2, 0.25) is 5.02 Å². The van der Waals surface area contributed by atoms with E-state index in [1.54, 1.807) is 24.3 Å². The molecule has 44 heavy (non-hydrogen) atoms. The van der Waals surface area contributed by atoms with Gasteiger partial charge in [0, 0.05) is 34.5 Å². The van der Waals surface area contributed by atoms with E-state index in [-0.39, 0.29) is 6.42 Å². The van der Waals surface area contributed by atoms with Crippen LogP contribution in [0.25, 0.3) is 11.8 Å². The van der Waals surface area contributed by atoms with Gasteiger partial charge in [0.1, 0.15) is 19.0 Å². The molecule has 5 N–H and O–H groups in total. The Kier molecular flexibility index (Phi) is 10.9. The summed E-state index contributed by atoms with van der Waals surface area (Å²) in [5.74, 6) is -1.01. The number of carbonyl (C=O) groups is 3. The maximum absolute atomic E-state index is 13.3. The molecule has 3 amide bonds. The van der Waals surface area contributed by atoms with Crippen molar-refractivity contribution in [2.24, 2.45) is 0 Å². The van der Waals surface area contributed by atoms with Crippen molar-refractivity contribution in [1.29, 1.82) is 0 Å². The fourth-order valence-electron chi connectivity index (χ4n) is 3.86. The SMILES string of the molecule is O=C(C=Cc1cc(Cl)ccc1-n1cnnn1)NC(Cc1ccccc1)C(=O)Nc1ccc(NC(=O)OCCP(=O)(O)O)cc1. The van der Waals surface area contributed by atoms with Crippen LogP contribution in [0.3, 0.4) is 0 Å². The van der Waals surface area contributed by atoms with Crippen molar-refractivity contribution in [3.63, 3.8) is 0 Å². The van der Waals surface area contributed by atoms with Crippen LogP contribution in [0.1, 0.15) is 11.1 Å². The average Bonchev–Trinajstić information content (AvgIpc) is 3.51. The van der Waals surface area contributed by atoms with E-state index >= 15 is 0 Å². The molecule has 0 fully saturated rings. The van der Waals surface area contributed by atoms with Crippen LogP contribution >= 0.6 is 19.2 Å². The highest BCUT2D eigenvalue weighted by molar-refractivity contribution is 7.51. The molecule has 14 nitrogen and oxygen atoms in total. The Morgan fingerprint density at radius 3 is 2.36 bits per heavy atom. The van der Waals surface area contributed by atoms with Gasteiger partial charge < -0.3 is 25.2 Å². The minimum Gasteiger partial charge on any atom is -0.449 e. The van der Waals surface area contributed by atoms with Crippen molar-refractivity contribution >= 4 is 54.6 Å². The number of benzene rings is 3. The largest absolute Gasteiger partial charge is 0.449 e. The molecule has 3 aromatic carbocycles. The fraction of sp³-hybridized carbons (Fsp3) is 0.143. The minimum absolute atomic E-state index is 0.208. The Bertz CT molecular complexity index is 1660. The third-order valence-electron chi connectivity index (χ3n) is 5.93. The van der Waals surface area contributed by atoms with Gasteiger partial charge in [-0.15, -0.1) is 5.10 Å². The second-order valence-corrected chi connectivity index (χ2v) is 11.5. The van der Waals surface area contributed by atoms with Crippen molar-refractivity contribution in [3.05, 3.63) is 101 Å². The van der Waals surface area contributed by atoms with Gasteiger partial charge in [0.2, 0.25) is 11.8 Å². The molecule has 1 unspecified atom stereocenters. The van der Waals surface area contributed by atoms with Crippen LogP contribution < -0.4 is 16.0 Å². The van der Waals surface area contributed by atoms with Crippen LogP contribution in [0.4, 0.5) is 16.2 Å². The number of anilines is 2. The van der Waals surface area contributed by atoms with Crippen LogP contribution in [-0.4, -0.2) is 66.7 Å². The molecule has 0 aliphatic rings. The summed E-state index contributed by atoms with van der Waals surface area (Å²) < 4.78 is 17.0. The Hall–Kier alpha value is -4.88. The zero-order valence-corrected chi connectivity index (χ0v) is 24.6. The van der Waals surface area contributed by atoms with Crippen molar-refractivity contribution in [1.82, 2.24) is 25.5 Å². The molecule has 4 aromatic rings. The van der Waals surface area contributed by atoms with Gasteiger partial charge in [0.15, 0.2) is 0 Å². The topological polar surface area (TPSA) is 198 Å². The highest BCUT2D eigenvalue weighted by atomic mass is 35.5. The van der Waals surface area contributed by atoms with Gasteiger partial charge in [-0.3, -0.25) is 19.5 Å². The van der Waals surface area contributed by atoms with E-state index in [0.29, 0.717) is 27.6 Å². The van der Waals surface area contributed by atoms with E-state index in [1.807, 2.05) is 30.3 Å². The van der Waals surface area contributed by atoms with Gasteiger partial charge in [-0.2, -0.15) is 4.68 Å². The summed E-state index contributed by atoms with van der Waals surface area (Å²) in [6.45, 7) is -0.451. The average molecular weight is 640 g/mol. The number of aromatic nitrogens is 4. The van der Waals surface area contributed by atoms with Crippen LogP contribution in [0.15, 0.2) is 85.2 Å². The molecule has 0 aliphatic carbocycles. The molecule has 4 rings (SSSR count). The molecular formula is C28H27ClN7O7P. The third kappa shape index (κ3) is 10.1. The minimum atomic E-state index is -4.28. The summed E-state index contributed by atoms with van der Waals surface area (Å²) in [5, 5.41) is 19.5. The summed E-state index contributed by atoms with van der Waals surface area (Å²) in [6, 6.07) is 19.3. The van der Waals surface area contributed by atoms with Gasteiger partial charge in [-0.25, -0.2) is 4.79 Å². The second kappa shape index (κ2) is 15.0. The van der Waals surface area contributed by atoms with Gasteiger partial charge in [-0.05, 0) is 64.5 Å². The van der Waals surface area contributed by atoms with Gasteiger partial charge in [0.25, 0.3) is 0 Å². The third-order valence-corrected chi connectivity index (χ3v) is 6.93. The van der Waals surface area contributed by atoms with E-state index in [9.17, 15) is 18.9 Å². The van der Waals surface area contributed by atoms with Crippen molar-refractivity contribution in [2.45, 2.75) is 12.5 Å². The highest BCUT2D eigenvalue weighted by Gasteiger charge is 2.21. The number of nitrogens with zero attached hydrogens (tertiary/aromatic N) is 4. The first kappa shape index (κ1) is 32.0. The number of hydrogen-bond acceptors (Lipinski definition) is 8. The predicted octanol–water partition coefficient (Wildman–Crippen LogP) is 3.42. The van der Waals surface area contributed by atoms with Gasteiger partial charge in [0.05, 0.1) is 11.8 Å². The molecule has 0 saturated carbocycles.